The molecule has 3 nitrogen and oxygen atoms in total. The summed E-state index contributed by atoms with van der Waals surface area (Å²) in [6, 6.07) is 16.1. The van der Waals surface area contributed by atoms with Gasteiger partial charge in [-0.25, -0.2) is 0 Å². The Morgan fingerprint density at radius 3 is 2.56 bits per heavy atom. The van der Waals surface area contributed by atoms with E-state index in [1.54, 1.807) is 13.0 Å². The maximum atomic E-state index is 13.1. The minimum atomic E-state index is -0.901. The van der Waals surface area contributed by atoms with E-state index in [2.05, 4.69) is 6.07 Å². The Morgan fingerprint density at radius 2 is 1.84 bits per heavy atom. The Balaban J connectivity index is 1.85. The number of carbonyl (C=O) groups excluding carboxylic acids is 2. The first-order chi connectivity index (χ1) is 12.0. The number of hydrogen-bond acceptors (Lipinski definition) is 3. The topological polar surface area (TPSA) is 43.4 Å². The average Bonchev–Trinajstić information content (AvgIpc) is 3.02. The third kappa shape index (κ3) is 2.42. The number of hydrogen-bond donors (Lipinski definition) is 0. The number of allylic oxidation sites excluding steroid dienone is 1. The molecule has 0 radical (unpaired) electrons. The van der Waals surface area contributed by atoms with Gasteiger partial charge in [0.25, 0.3) is 0 Å². The first kappa shape index (κ1) is 15.8. The lowest BCUT2D eigenvalue weighted by molar-refractivity contribution is -0.148. The maximum absolute atomic E-state index is 13.1. The number of Topliss-reactive ketones (excluding diaryl/α,β-unsaturated/α-hetero) is 2. The summed E-state index contributed by atoms with van der Waals surface area (Å²) < 4.78 is 5.61. The molecule has 1 unspecified atom stereocenters. The van der Waals surface area contributed by atoms with Gasteiger partial charge in [0.15, 0.2) is 17.1 Å². The van der Waals surface area contributed by atoms with Crippen LogP contribution in [0.3, 0.4) is 0 Å². The predicted octanol–water partition coefficient (Wildman–Crippen LogP) is 4.21. The summed E-state index contributed by atoms with van der Waals surface area (Å²) >= 11 is 0. The standard InChI is InChI=1S/C22H20O3/c1-3-14-9-10-16(15-7-5-4-6-8-15)13-17(14)19-20(23)18-11-12-22(2,25-18)21(19)24/h4-11,13,19H,3,12H2,1-2H3/t19?,22-/m1/s1. The van der Waals surface area contributed by atoms with E-state index < -0.39 is 11.5 Å². The second kappa shape index (κ2) is 5.69. The highest BCUT2D eigenvalue weighted by molar-refractivity contribution is 6.19. The Bertz CT molecular complexity index is 895. The fourth-order valence-corrected chi connectivity index (χ4v) is 3.76. The van der Waals surface area contributed by atoms with Crippen molar-refractivity contribution in [3.05, 3.63) is 71.5 Å². The van der Waals surface area contributed by atoms with Crippen molar-refractivity contribution in [1.82, 2.24) is 0 Å². The van der Waals surface area contributed by atoms with Gasteiger partial charge in [-0.05, 0) is 47.7 Å². The minimum Gasteiger partial charge on any atom is -0.476 e. The van der Waals surface area contributed by atoms with Gasteiger partial charge in [0.1, 0.15) is 5.92 Å². The van der Waals surface area contributed by atoms with Gasteiger partial charge in [-0.1, -0.05) is 49.4 Å². The van der Waals surface area contributed by atoms with Gasteiger partial charge in [0.05, 0.1) is 0 Å². The second-order valence-electron chi connectivity index (χ2n) is 6.90. The number of ketones is 2. The lowest BCUT2D eigenvalue weighted by Crippen LogP contribution is -2.46. The lowest BCUT2D eigenvalue weighted by atomic mass is 9.78. The summed E-state index contributed by atoms with van der Waals surface area (Å²) in [7, 11) is 0. The van der Waals surface area contributed by atoms with Crippen LogP contribution in [0.4, 0.5) is 0 Å². The summed E-state index contributed by atoms with van der Waals surface area (Å²) in [6.45, 7) is 3.83. The zero-order chi connectivity index (χ0) is 17.6. The average molecular weight is 332 g/mol. The molecular formula is C22H20O3. The lowest BCUT2D eigenvalue weighted by Gasteiger charge is -2.33. The number of carbonyl (C=O) groups is 2. The van der Waals surface area contributed by atoms with Crippen molar-refractivity contribution in [1.29, 1.82) is 0 Å². The van der Waals surface area contributed by atoms with Gasteiger partial charge in [0.2, 0.25) is 5.78 Å². The van der Waals surface area contributed by atoms with E-state index in [-0.39, 0.29) is 11.6 Å². The Kier molecular flexibility index (Phi) is 3.60. The molecule has 25 heavy (non-hydrogen) atoms. The van der Waals surface area contributed by atoms with E-state index in [9.17, 15) is 9.59 Å². The van der Waals surface area contributed by atoms with Crippen LogP contribution in [-0.4, -0.2) is 17.2 Å². The summed E-state index contributed by atoms with van der Waals surface area (Å²) in [5.41, 5.74) is 3.05. The van der Waals surface area contributed by atoms with E-state index in [1.807, 2.05) is 49.4 Å². The number of fused-ring (bicyclic) bond motifs is 2. The SMILES string of the molecule is CCc1ccc(-c2ccccc2)cc1C1C(=O)C2=CC[C@@](C)(O2)C1=O. The zero-order valence-electron chi connectivity index (χ0n) is 14.4. The fraction of sp³-hybridized carbons (Fsp3) is 0.273. The van der Waals surface area contributed by atoms with Gasteiger partial charge in [-0.15, -0.1) is 0 Å². The van der Waals surface area contributed by atoms with E-state index in [1.165, 1.54) is 0 Å². The van der Waals surface area contributed by atoms with Crippen LogP contribution < -0.4 is 0 Å². The molecular weight excluding hydrogens is 312 g/mol. The van der Waals surface area contributed by atoms with Crippen molar-refractivity contribution in [2.45, 2.75) is 38.2 Å². The van der Waals surface area contributed by atoms with Crippen LogP contribution in [0.2, 0.25) is 0 Å². The van der Waals surface area contributed by atoms with Crippen molar-refractivity contribution in [3.8, 4) is 11.1 Å². The minimum absolute atomic E-state index is 0.130. The third-order valence-corrected chi connectivity index (χ3v) is 5.25. The van der Waals surface area contributed by atoms with Gasteiger partial charge in [-0.3, -0.25) is 9.59 Å². The molecule has 2 aromatic carbocycles. The number of benzene rings is 2. The van der Waals surface area contributed by atoms with Gasteiger partial charge in [-0.2, -0.15) is 0 Å². The molecule has 0 amide bonds. The van der Waals surface area contributed by atoms with Crippen LogP contribution in [0.15, 0.2) is 60.4 Å². The highest BCUT2D eigenvalue weighted by Gasteiger charge is 2.53. The summed E-state index contributed by atoms with van der Waals surface area (Å²) in [4.78, 5) is 25.9. The first-order valence-corrected chi connectivity index (χ1v) is 8.69. The molecule has 2 heterocycles. The van der Waals surface area contributed by atoms with Crippen LogP contribution in [-0.2, 0) is 20.7 Å². The summed E-state index contributed by atoms with van der Waals surface area (Å²) in [5.74, 6) is -0.750. The normalized spacial score (nSPS) is 24.9. The fourth-order valence-electron chi connectivity index (χ4n) is 3.76. The molecule has 2 aliphatic heterocycles. The number of rotatable bonds is 3. The number of aryl methyl sites for hydroxylation is 1. The molecule has 2 atom stereocenters. The van der Waals surface area contributed by atoms with Crippen molar-refractivity contribution >= 4 is 11.6 Å². The molecule has 2 aromatic rings. The molecule has 0 aromatic heterocycles. The molecule has 0 aliphatic carbocycles. The molecule has 2 bridgehead atoms. The van der Waals surface area contributed by atoms with E-state index in [0.29, 0.717) is 12.2 Å². The Hall–Kier alpha value is -2.68. The zero-order valence-corrected chi connectivity index (χ0v) is 14.4. The summed E-state index contributed by atoms with van der Waals surface area (Å²) in [6.07, 6.45) is 3.01. The van der Waals surface area contributed by atoms with E-state index in [4.69, 9.17) is 4.74 Å². The molecule has 0 saturated carbocycles. The quantitative estimate of drug-likeness (QED) is 0.791. The van der Waals surface area contributed by atoms with Crippen molar-refractivity contribution in [2.75, 3.05) is 0 Å². The molecule has 0 spiro atoms. The summed E-state index contributed by atoms with van der Waals surface area (Å²) in [5, 5.41) is 0. The third-order valence-electron chi connectivity index (χ3n) is 5.25. The molecule has 3 heteroatoms. The van der Waals surface area contributed by atoms with Crippen molar-refractivity contribution < 1.29 is 14.3 Å². The molecule has 1 saturated heterocycles. The monoisotopic (exact) mass is 332 g/mol. The highest BCUT2D eigenvalue weighted by Crippen LogP contribution is 2.43. The smallest absolute Gasteiger partial charge is 0.212 e. The number of ether oxygens (including phenoxy) is 1. The Morgan fingerprint density at radius 1 is 1.08 bits per heavy atom. The van der Waals surface area contributed by atoms with Crippen LogP contribution >= 0.6 is 0 Å². The van der Waals surface area contributed by atoms with Crippen LogP contribution in [0.5, 0.6) is 0 Å². The van der Waals surface area contributed by atoms with Gasteiger partial charge >= 0.3 is 0 Å². The molecule has 1 fully saturated rings. The molecule has 2 aliphatic rings. The molecule has 4 rings (SSSR count). The van der Waals surface area contributed by atoms with E-state index >= 15 is 0 Å². The first-order valence-electron chi connectivity index (χ1n) is 8.69. The van der Waals surface area contributed by atoms with E-state index in [0.717, 1.165) is 28.7 Å². The Labute approximate surface area is 147 Å². The predicted molar refractivity (Wildman–Crippen MR) is 96.2 cm³/mol. The van der Waals surface area contributed by atoms with Crippen molar-refractivity contribution in [2.24, 2.45) is 0 Å². The van der Waals surface area contributed by atoms with Gasteiger partial charge in [0, 0.05) is 6.42 Å². The second-order valence-corrected chi connectivity index (χ2v) is 6.90. The van der Waals surface area contributed by atoms with Gasteiger partial charge < -0.3 is 4.74 Å². The molecule has 126 valence electrons. The maximum Gasteiger partial charge on any atom is 0.212 e. The van der Waals surface area contributed by atoms with Crippen molar-refractivity contribution in [3.63, 3.8) is 0 Å². The van der Waals surface area contributed by atoms with Crippen LogP contribution in [0.1, 0.15) is 37.3 Å². The van der Waals surface area contributed by atoms with Crippen LogP contribution in [0.25, 0.3) is 11.1 Å². The largest absolute Gasteiger partial charge is 0.476 e. The molecule has 0 N–H and O–H groups in total. The highest BCUT2D eigenvalue weighted by atomic mass is 16.5. The van der Waals surface area contributed by atoms with Crippen LogP contribution in [0, 0.1) is 0 Å².